The number of hydrogen-bond donors (Lipinski definition) is 2. The van der Waals surface area contributed by atoms with Gasteiger partial charge in [0.2, 0.25) is 0 Å². The first kappa shape index (κ1) is 14.9. The summed E-state index contributed by atoms with van der Waals surface area (Å²) in [6, 6.07) is 9.39. The largest absolute Gasteiger partial charge is 0.484 e. The van der Waals surface area contributed by atoms with Crippen molar-refractivity contribution in [2.75, 3.05) is 13.2 Å². The zero-order valence-corrected chi connectivity index (χ0v) is 11.8. The molecule has 0 spiro atoms. The van der Waals surface area contributed by atoms with Gasteiger partial charge in [-0.1, -0.05) is 37.5 Å². The molecule has 4 heteroatoms. The minimum Gasteiger partial charge on any atom is -0.484 e. The molecular weight excluding hydrogens is 254 g/mol. The van der Waals surface area contributed by atoms with Gasteiger partial charge in [0, 0.05) is 18.6 Å². The summed E-state index contributed by atoms with van der Waals surface area (Å²) in [5, 5.41) is 12.4. The summed E-state index contributed by atoms with van der Waals surface area (Å²) in [7, 11) is 0. The highest BCUT2D eigenvalue weighted by atomic mass is 16.5. The predicted molar refractivity (Wildman–Crippen MR) is 77.5 cm³/mol. The highest BCUT2D eigenvalue weighted by Gasteiger charge is 2.24. The summed E-state index contributed by atoms with van der Waals surface area (Å²) in [5.41, 5.74) is 0. The Hall–Kier alpha value is -1.55. The van der Waals surface area contributed by atoms with Crippen LogP contribution in [-0.2, 0) is 4.79 Å². The van der Waals surface area contributed by atoms with Gasteiger partial charge in [0.05, 0.1) is 0 Å². The zero-order valence-electron chi connectivity index (χ0n) is 11.8. The summed E-state index contributed by atoms with van der Waals surface area (Å²) in [4.78, 5) is 11.9. The fourth-order valence-electron chi connectivity index (χ4n) is 2.71. The highest BCUT2D eigenvalue weighted by molar-refractivity contribution is 5.77. The monoisotopic (exact) mass is 277 g/mol. The van der Waals surface area contributed by atoms with Crippen molar-refractivity contribution in [2.45, 2.75) is 38.1 Å². The number of amides is 1. The van der Waals surface area contributed by atoms with Crippen LogP contribution in [0.25, 0.3) is 0 Å². The fourth-order valence-corrected chi connectivity index (χ4v) is 2.71. The van der Waals surface area contributed by atoms with Crippen molar-refractivity contribution in [1.29, 1.82) is 0 Å². The molecule has 1 amide bonds. The molecule has 0 aliphatic heterocycles. The lowest BCUT2D eigenvalue weighted by atomic mass is 9.95. The molecule has 2 atom stereocenters. The lowest BCUT2D eigenvalue weighted by Crippen LogP contribution is -2.43. The summed E-state index contributed by atoms with van der Waals surface area (Å²) in [6.07, 6.45) is 5.37. The lowest BCUT2D eigenvalue weighted by Gasteiger charge is -2.24. The van der Waals surface area contributed by atoms with Gasteiger partial charge in [0.15, 0.2) is 6.61 Å². The molecular formula is C16H23NO3. The molecule has 0 bridgehead atoms. The molecule has 4 nitrogen and oxygen atoms in total. The Kier molecular flexibility index (Phi) is 5.87. The van der Waals surface area contributed by atoms with Gasteiger partial charge in [-0.25, -0.2) is 0 Å². The SMILES string of the molecule is O=C(COc1ccccc1)NC1CCCCCC1CO. The Morgan fingerprint density at radius 1 is 1.20 bits per heavy atom. The molecule has 2 unspecified atom stereocenters. The first-order valence-corrected chi connectivity index (χ1v) is 7.37. The van der Waals surface area contributed by atoms with Crippen molar-refractivity contribution in [3.63, 3.8) is 0 Å². The topological polar surface area (TPSA) is 58.6 Å². The van der Waals surface area contributed by atoms with E-state index in [4.69, 9.17) is 4.74 Å². The number of nitrogens with one attached hydrogen (secondary N) is 1. The molecule has 0 heterocycles. The van der Waals surface area contributed by atoms with Gasteiger partial charge in [-0.15, -0.1) is 0 Å². The van der Waals surface area contributed by atoms with Crippen molar-refractivity contribution in [2.24, 2.45) is 5.92 Å². The molecule has 2 rings (SSSR count). The molecule has 1 fully saturated rings. The first-order valence-electron chi connectivity index (χ1n) is 7.37. The molecule has 1 aromatic carbocycles. The van der Waals surface area contributed by atoms with E-state index in [9.17, 15) is 9.90 Å². The van der Waals surface area contributed by atoms with Crippen LogP contribution in [0, 0.1) is 5.92 Å². The van der Waals surface area contributed by atoms with Gasteiger partial charge in [-0.2, -0.15) is 0 Å². The standard InChI is InChI=1S/C16H23NO3/c18-11-13-7-3-1-6-10-15(13)17-16(19)12-20-14-8-4-2-5-9-14/h2,4-5,8-9,13,15,18H,1,3,6-7,10-12H2,(H,17,19). The third-order valence-electron chi connectivity index (χ3n) is 3.85. The second-order valence-electron chi connectivity index (χ2n) is 5.36. The Morgan fingerprint density at radius 3 is 2.70 bits per heavy atom. The Labute approximate surface area is 120 Å². The van der Waals surface area contributed by atoms with Gasteiger partial charge in [0.1, 0.15) is 5.75 Å². The van der Waals surface area contributed by atoms with E-state index in [-0.39, 0.29) is 31.1 Å². The number of aliphatic hydroxyl groups excluding tert-OH is 1. The number of aliphatic hydroxyl groups is 1. The van der Waals surface area contributed by atoms with Crippen molar-refractivity contribution in [3.05, 3.63) is 30.3 Å². The summed E-state index contributed by atoms with van der Waals surface area (Å²) < 4.78 is 5.43. The third kappa shape index (κ3) is 4.53. The Bertz CT molecular complexity index is 407. The van der Waals surface area contributed by atoms with E-state index in [2.05, 4.69) is 5.32 Å². The minimum absolute atomic E-state index is 0.0265. The zero-order chi connectivity index (χ0) is 14.2. The van der Waals surface area contributed by atoms with Gasteiger partial charge in [-0.05, 0) is 25.0 Å². The highest BCUT2D eigenvalue weighted by Crippen LogP contribution is 2.23. The number of benzene rings is 1. The molecule has 1 aromatic rings. The van der Waals surface area contributed by atoms with E-state index in [0.717, 1.165) is 25.7 Å². The molecule has 20 heavy (non-hydrogen) atoms. The van der Waals surface area contributed by atoms with Crippen LogP contribution >= 0.6 is 0 Å². The number of hydrogen-bond acceptors (Lipinski definition) is 3. The third-order valence-corrected chi connectivity index (χ3v) is 3.85. The van der Waals surface area contributed by atoms with E-state index in [1.165, 1.54) is 6.42 Å². The molecule has 110 valence electrons. The summed E-state index contributed by atoms with van der Waals surface area (Å²) in [5.74, 6) is 0.764. The van der Waals surface area contributed by atoms with E-state index < -0.39 is 0 Å². The quantitative estimate of drug-likeness (QED) is 0.811. The molecule has 2 N–H and O–H groups in total. The van der Waals surface area contributed by atoms with Crippen LogP contribution < -0.4 is 10.1 Å². The smallest absolute Gasteiger partial charge is 0.258 e. The van der Waals surface area contributed by atoms with Crippen LogP contribution in [0.3, 0.4) is 0 Å². The van der Waals surface area contributed by atoms with Crippen LogP contribution in [0.5, 0.6) is 5.75 Å². The average molecular weight is 277 g/mol. The van der Waals surface area contributed by atoms with E-state index in [1.807, 2.05) is 30.3 Å². The molecule has 1 saturated carbocycles. The maximum atomic E-state index is 11.9. The van der Waals surface area contributed by atoms with Gasteiger partial charge < -0.3 is 15.2 Å². The summed E-state index contributed by atoms with van der Waals surface area (Å²) >= 11 is 0. The van der Waals surface area contributed by atoms with Crippen molar-refractivity contribution in [1.82, 2.24) is 5.32 Å². The molecule has 1 aliphatic carbocycles. The second kappa shape index (κ2) is 7.90. The molecule has 1 aliphatic rings. The van der Waals surface area contributed by atoms with E-state index >= 15 is 0 Å². The Morgan fingerprint density at radius 2 is 1.95 bits per heavy atom. The molecule has 0 saturated heterocycles. The van der Waals surface area contributed by atoms with E-state index in [0.29, 0.717) is 5.75 Å². The van der Waals surface area contributed by atoms with Gasteiger partial charge in [-0.3, -0.25) is 4.79 Å². The first-order chi connectivity index (χ1) is 9.79. The fraction of sp³-hybridized carbons (Fsp3) is 0.562. The number of rotatable bonds is 5. The maximum absolute atomic E-state index is 11.9. The number of carbonyl (C=O) groups excluding carboxylic acids is 1. The summed E-state index contributed by atoms with van der Waals surface area (Å²) in [6.45, 7) is 0.170. The van der Waals surface area contributed by atoms with Crippen LogP contribution in [-0.4, -0.2) is 30.3 Å². The van der Waals surface area contributed by atoms with Crippen molar-refractivity contribution >= 4 is 5.91 Å². The van der Waals surface area contributed by atoms with Crippen molar-refractivity contribution in [3.8, 4) is 5.75 Å². The van der Waals surface area contributed by atoms with Crippen molar-refractivity contribution < 1.29 is 14.6 Å². The maximum Gasteiger partial charge on any atom is 0.258 e. The minimum atomic E-state index is -0.112. The number of para-hydroxylation sites is 1. The van der Waals surface area contributed by atoms with Gasteiger partial charge >= 0.3 is 0 Å². The number of ether oxygens (including phenoxy) is 1. The van der Waals surface area contributed by atoms with E-state index in [1.54, 1.807) is 0 Å². The second-order valence-corrected chi connectivity index (χ2v) is 5.36. The van der Waals surface area contributed by atoms with Gasteiger partial charge in [0.25, 0.3) is 5.91 Å². The van der Waals surface area contributed by atoms with Crippen LogP contribution in [0.2, 0.25) is 0 Å². The normalized spacial score (nSPS) is 22.9. The number of carbonyl (C=O) groups is 1. The average Bonchev–Trinajstić information content (AvgIpc) is 2.71. The van der Waals surface area contributed by atoms with Crippen LogP contribution in [0.1, 0.15) is 32.1 Å². The van der Waals surface area contributed by atoms with Crippen LogP contribution in [0.15, 0.2) is 30.3 Å². The lowest BCUT2D eigenvalue weighted by molar-refractivity contribution is -0.124. The van der Waals surface area contributed by atoms with Crippen LogP contribution in [0.4, 0.5) is 0 Å². The molecule has 0 aromatic heterocycles. The molecule has 0 radical (unpaired) electrons. The Balaban J connectivity index is 1.80. The predicted octanol–water partition coefficient (Wildman–Crippen LogP) is 2.12.